The summed E-state index contributed by atoms with van der Waals surface area (Å²) >= 11 is 0. The Hall–Kier alpha value is -2.38. The van der Waals surface area contributed by atoms with Gasteiger partial charge in [-0.25, -0.2) is 9.59 Å². The van der Waals surface area contributed by atoms with E-state index in [1.807, 2.05) is 18.2 Å². The molecule has 0 unspecified atom stereocenters. The Morgan fingerprint density at radius 2 is 1.83 bits per heavy atom. The molecule has 124 valence electrons. The topological polar surface area (TPSA) is 105 Å². The van der Waals surface area contributed by atoms with Gasteiger partial charge in [-0.05, 0) is 12.5 Å². The van der Waals surface area contributed by atoms with E-state index >= 15 is 0 Å². The minimum absolute atomic E-state index is 0.164. The minimum Gasteiger partial charge on any atom is -0.493 e. The highest BCUT2D eigenvalue weighted by Gasteiger charge is 2.31. The van der Waals surface area contributed by atoms with E-state index < -0.39 is 11.9 Å². The van der Waals surface area contributed by atoms with Crippen LogP contribution in [0.3, 0.4) is 0 Å². The predicted molar refractivity (Wildman–Crippen MR) is 81.4 cm³/mol. The van der Waals surface area contributed by atoms with E-state index in [1.165, 1.54) is 5.56 Å². The van der Waals surface area contributed by atoms with Crippen LogP contribution in [0, 0.1) is 0 Å². The molecule has 1 fully saturated rings. The van der Waals surface area contributed by atoms with Crippen LogP contribution in [0.2, 0.25) is 0 Å². The quantitative estimate of drug-likeness (QED) is 0.703. The summed E-state index contributed by atoms with van der Waals surface area (Å²) in [7, 11) is 0. The lowest BCUT2D eigenvalue weighted by Gasteiger charge is -2.31. The second-order valence-corrected chi connectivity index (χ2v) is 5.04. The number of carboxylic acids is 2. The zero-order chi connectivity index (χ0) is 16.7. The van der Waals surface area contributed by atoms with E-state index in [1.54, 1.807) is 0 Å². The van der Waals surface area contributed by atoms with E-state index in [0.29, 0.717) is 18.2 Å². The summed E-state index contributed by atoms with van der Waals surface area (Å²) in [5.74, 6) is -1.53. The van der Waals surface area contributed by atoms with E-state index in [9.17, 15) is 9.59 Å². The first-order valence-electron chi connectivity index (χ1n) is 7.28. The maximum atomic E-state index is 9.55. The lowest BCUT2D eigenvalue weighted by Crippen LogP contribution is -2.43. The number of nitrogens with one attached hydrogen (secondary N) is 1. The van der Waals surface area contributed by atoms with Crippen molar-refractivity contribution in [3.63, 3.8) is 0 Å². The van der Waals surface area contributed by atoms with Crippen molar-refractivity contribution in [3.8, 4) is 5.75 Å². The molecule has 3 N–H and O–H groups in total. The highest BCUT2D eigenvalue weighted by Crippen LogP contribution is 2.34. The Labute approximate surface area is 133 Å². The monoisotopic (exact) mass is 321 g/mol. The molecule has 2 aliphatic rings. The zero-order valence-corrected chi connectivity index (χ0v) is 12.5. The summed E-state index contributed by atoms with van der Waals surface area (Å²) in [6.45, 7) is 2.51. The second kappa shape index (κ2) is 8.30. The SMILES string of the molecule is O=C(O)C=CC(=O)O.c1ccc2c(c1)OCC[C@@H]1NCCO[C@H]21. The van der Waals surface area contributed by atoms with Gasteiger partial charge in [-0.15, -0.1) is 0 Å². The first kappa shape index (κ1) is 17.0. The first-order chi connectivity index (χ1) is 11.1. The minimum atomic E-state index is -1.26. The highest BCUT2D eigenvalue weighted by molar-refractivity contribution is 5.89. The van der Waals surface area contributed by atoms with E-state index in [4.69, 9.17) is 19.7 Å². The fraction of sp³-hybridized carbons (Fsp3) is 0.375. The predicted octanol–water partition coefficient (Wildman–Crippen LogP) is 1.21. The molecule has 0 radical (unpaired) electrons. The standard InChI is InChI=1S/C12H15NO2.C4H4O4/c1-2-4-11-9(3-1)12-10(5-7-14-11)13-6-8-15-12;5-3(6)1-2-4(7)8/h1-4,10,12-13H,5-8H2;1-2H,(H,5,6)(H,7,8)/t10-,12+;/m0./s1. The molecule has 7 heteroatoms. The fourth-order valence-electron chi connectivity index (χ4n) is 2.50. The number of benzene rings is 1. The summed E-state index contributed by atoms with van der Waals surface area (Å²) in [6.07, 6.45) is 2.29. The van der Waals surface area contributed by atoms with Gasteiger partial charge < -0.3 is 25.0 Å². The number of para-hydroxylation sites is 1. The van der Waals surface area contributed by atoms with Gasteiger partial charge in [-0.2, -0.15) is 0 Å². The van der Waals surface area contributed by atoms with E-state index in [-0.39, 0.29) is 6.10 Å². The van der Waals surface area contributed by atoms with Crippen LogP contribution in [-0.4, -0.2) is 48.0 Å². The lowest BCUT2D eigenvalue weighted by molar-refractivity contribution is -0.134. The average molecular weight is 321 g/mol. The normalized spacial score (nSPS) is 22.6. The van der Waals surface area contributed by atoms with Crippen LogP contribution in [0.15, 0.2) is 36.4 Å². The van der Waals surface area contributed by atoms with Gasteiger partial charge in [0.2, 0.25) is 0 Å². The number of aliphatic carboxylic acids is 2. The maximum absolute atomic E-state index is 9.55. The van der Waals surface area contributed by atoms with Crippen molar-refractivity contribution >= 4 is 11.9 Å². The molecule has 1 aromatic carbocycles. The number of ether oxygens (including phenoxy) is 2. The molecule has 0 bridgehead atoms. The molecular formula is C16H19NO6. The molecule has 3 rings (SSSR count). The Balaban J connectivity index is 0.000000207. The molecule has 2 atom stereocenters. The summed E-state index contributed by atoms with van der Waals surface area (Å²) in [4.78, 5) is 19.1. The Kier molecular flexibility index (Phi) is 6.13. The summed E-state index contributed by atoms with van der Waals surface area (Å²) in [6, 6.07) is 8.58. The number of rotatable bonds is 2. The maximum Gasteiger partial charge on any atom is 0.328 e. The van der Waals surface area contributed by atoms with Gasteiger partial charge >= 0.3 is 11.9 Å². The molecule has 0 amide bonds. The third kappa shape index (κ3) is 5.08. The van der Waals surface area contributed by atoms with Crippen molar-refractivity contribution in [2.75, 3.05) is 19.8 Å². The summed E-state index contributed by atoms with van der Waals surface area (Å²) in [5, 5.41) is 19.1. The van der Waals surface area contributed by atoms with Crippen LogP contribution in [0.4, 0.5) is 0 Å². The van der Waals surface area contributed by atoms with Crippen molar-refractivity contribution < 1.29 is 29.3 Å². The number of fused-ring (bicyclic) bond motifs is 3. The van der Waals surface area contributed by atoms with Crippen molar-refractivity contribution in [3.05, 3.63) is 42.0 Å². The second-order valence-electron chi connectivity index (χ2n) is 5.04. The van der Waals surface area contributed by atoms with Crippen molar-refractivity contribution in [1.82, 2.24) is 5.32 Å². The van der Waals surface area contributed by atoms with Crippen molar-refractivity contribution in [1.29, 1.82) is 0 Å². The van der Waals surface area contributed by atoms with E-state index in [0.717, 1.165) is 31.9 Å². The number of hydrogen-bond acceptors (Lipinski definition) is 5. The average Bonchev–Trinajstić information content (AvgIpc) is 2.73. The van der Waals surface area contributed by atoms with Crippen LogP contribution >= 0.6 is 0 Å². The lowest BCUT2D eigenvalue weighted by atomic mass is 9.99. The summed E-state index contributed by atoms with van der Waals surface area (Å²) in [5.41, 5.74) is 1.19. The highest BCUT2D eigenvalue weighted by atomic mass is 16.5. The van der Waals surface area contributed by atoms with Gasteiger partial charge in [0.05, 0.1) is 13.2 Å². The Morgan fingerprint density at radius 3 is 2.52 bits per heavy atom. The number of carboxylic acid groups (broad SMARTS) is 2. The van der Waals surface area contributed by atoms with Gasteiger partial charge in [0.1, 0.15) is 11.9 Å². The molecule has 7 nitrogen and oxygen atoms in total. The molecular weight excluding hydrogens is 302 g/mol. The molecule has 1 saturated heterocycles. The number of hydrogen-bond donors (Lipinski definition) is 3. The molecule has 2 heterocycles. The van der Waals surface area contributed by atoms with Crippen LogP contribution in [0.25, 0.3) is 0 Å². The first-order valence-corrected chi connectivity index (χ1v) is 7.28. The molecule has 1 aromatic rings. The van der Waals surface area contributed by atoms with Crippen LogP contribution in [-0.2, 0) is 14.3 Å². The number of morpholine rings is 1. The fourth-order valence-corrected chi connectivity index (χ4v) is 2.50. The van der Waals surface area contributed by atoms with Crippen LogP contribution in [0.1, 0.15) is 18.1 Å². The van der Waals surface area contributed by atoms with Gasteiger partial charge in [0.25, 0.3) is 0 Å². The van der Waals surface area contributed by atoms with Crippen molar-refractivity contribution in [2.24, 2.45) is 0 Å². The Morgan fingerprint density at radius 1 is 1.13 bits per heavy atom. The zero-order valence-electron chi connectivity index (χ0n) is 12.5. The van der Waals surface area contributed by atoms with Crippen LogP contribution < -0.4 is 10.1 Å². The third-order valence-corrected chi connectivity index (χ3v) is 3.45. The van der Waals surface area contributed by atoms with E-state index in [2.05, 4.69) is 11.4 Å². The molecule has 0 saturated carbocycles. The Bertz CT molecular complexity index is 570. The largest absolute Gasteiger partial charge is 0.493 e. The molecule has 2 aliphatic heterocycles. The third-order valence-electron chi connectivity index (χ3n) is 3.45. The van der Waals surface area contributed by atoms with Crippen molar-refractivity contribution in [2.45, 2.75) is 18.6 Å². The molecule has 0 aliphatic carbocycles. The van der Waals surface area contributed by atoms with Gasteiger partial charge in [-0.3, -0.25) is 0 Å². The summed E-state index contributed by atoms with van der Waals surface area (Å²) < 4.78 is 11.6. The van der Waals surface area contributed by atoms with Gasteiger partial charge in [-0.1, -0.05) is 18.2 Å². The number of carbonyl (C=O) groups is 2. The van der Waals surface area contributed by atoms with Crippen LogP contribution in [0.5, 0.6) is 5.75 Å². The smallest absolute Gasteiger partial charge is 0.328 e. The molecule has 23 heavy (non-hydrogen) atoms. The van der Waals surface area contributed by atoms with Gasteiger partial charge in [0.15, 0.2) is 0 Å². The molecule has 0 aromatic heterocycles. The van der Waals surface area contributed by atoms with Gasteiger partial charge in [0, 0.05) is 30.3 Å². The molecule has 0 spiro atoms.